The molecule has 2 aromatic carbocycles. The Morgan fingerprint density at radius 3 is 1.26 bits per heavy atom. The van der Waals surface area contributed by atoms with Gasteiger partial charge in [-0.15, -0.1) is 0 Å². The lowest BCUT2D eigenvalue weighted by molar-refractivity contribution is -0.0510. The summed E-state index contributed by atoms with van der Waals surface area (Å²) in [6, 6.07) is 14.3. The maximum absolute atomic E-state index is 10.7. The Kier molecular flexibility index (Phi) is 6.37. The van der Waals surface area contributed by atoms with E-state index in [1.807, 2.05) is 24.3 Å². The Labute approximate surface area is 131 Å². The molecule has 0 unspecified atom stereocenters. The second kappa shape index (κ2) is 7.63. The number of phenolic OH excluding ortho intramolecular Hbond substituents is 2. The summed E-state index contributed by atoms with van der Waals surface area (Å²) in [7, 11) is -5.29. The molecule has 0 heterocycles. The number of hydrogen-bond acceptors (Lipinski definition) is 4. The molecule has 0 aromatic heterocycles. The van der Waals surface area contributed by atoms with E-state index in [-0.39, 0.29) is 11.5 Å². The van der Waals surface area contributed by atoms with Crippen molar-refractivity contribution in [3.05, 3.63) is 48.5 Å². The third kappa shape index (κ3) is 6.85. The minimum Gasteiger partial charge on any atom is -0.508 e. The quantitative estimate of drug-likeness (QED) is 0.429. The van der Waals surface area contributed by atoms with Crippen molar-refractivity contribution in [3.63, 3.8) is 0 Å². The van der Waals surface area contributed by atoms with Crippen molar-refractivity contribution in [2.75, 3.05) is 0 Å². The van der Waals surface area contributed by atoms with Gasteiger partial charge in [0.05, 0.1) is 0 Å². The topological polar surface area (TPSA) is 94.8 Å². The summed E-state index contributed by atoms with van der Waals surface area (Å²) in [4.78, 5) is 0. The third-order valence-electron chi connectivity index (χ3n) is 2.32. The second-order valence-corrected chi connectivity index (χ2v) is 6.96. The molecule has 5 nitrogen and oxygen atoms in total. The lowest BCUT2D eigenvalue weighted by Gasteiger charge is -2.02. The molecule has 2 rings (SSSR count). The standard InChI is InChI=1S/C12H11O2P.CHF3O3S/c13-9-1-5-11(6-2-9)15-12-7-3-10(14)4-8-12;2-1(3,4)8(5,6)7/h1-8,13-15H;(H,5,6,7). The van der Waals surface area contributed by atoms with Gasteiger partial charge in [0.15, 0.2) is 0 Å². The van der Waals surface area contributed by atoms with Gasteiger partial charge in [0.1, 0.15) is 11.5 Å². The van der Waals surface area contributed by atoms with E-state index in [1.165, 1.54) is 10.6 Å². The number of phenols is 2. The summed E-state index contributed by atoms with van der Waals surface area (Å²) in [6.07, 6.45) is 0. The zero-order valence-corrected chi connectivity index (χ0v) is 13.1. The van der Waals surface area contributed by atoms with Crippen molar-refractivity contribution >= 4 is 29.3 Å². The van der Waals surface area contributed by atoms with Gasteiger partial charge in [-0.2, -0.15) is 21.6 Å². The molecule has 0 fully saturated rings. The van der Waals surface area contributed by atoms with Crippen molar-refractivity contribution in [1.82, 2.24) is 0 Å². The molecule has 0 atom stereocenters. The van der Waals surface area contributed by atoms with Gasteiger partial charge in [-0.3, -0.25) is 4.55 Å². The van der Waals surface area contributed by atoms with Gasteiger partial charge < -0.3 is 10.2 Å². The zero-order chi connectivity index (χ0) is 17.7. The molecular formula is C13H12F3O5PS. The average molecular weight is 368 g/mol. The van der Waals surface area contributed by atoms with Gasteiger partial charge in [-0.05, 0) is 34.9 Å². The molecule has 10 heteroatoms. The first-order valence-electron chi connectivity index (χ1n) is 5.88. The molecular weight excluding hydrogens is 356 g/mol. The minimum atomic E-state index is -5.84. The Morgan fingerprint density at radius 1 is 0.783 bits per heavy atom. The van der Waals surface area contributed by atoms with Crippen LogP contribution in [-0.2, 0) is 10.1 Å². The molecule has 2 aromatic rings. The predicted octanol–water partition coefficient (Wildman–Crippen LogP) is 2.12. The first-order valence-corrected chi connectivity index (χ1v) is 8.32. The molecule has 3 N–H and O–H groups in total. The van der Waals surface area contributed by atoms with E-state index >= 15 is 0 Å². The van der Waals surface area contributed by atoms with Crippen molar-refractivity contribution in [2.24, 2.45) is 0 Å². The van der Waals surface area contributed by atoms with Gasteiger partial charge >= 0.3 is 15.6 Å². The first-order chi connectivity index (χ1) is 10.5. The van der Waals surface area contributed by atoms with Gasteiger partial charge in [0.2, 0.25) is 0 Å². The number of alkyl halides is 3. The zero-order valence-electron chi connectivity index (χ0n) is 11.3. The fourth-order valence-electron chi connectivity index (χ4n) is 1.26. The largest absolute Gasteiger partial charge is 0.522 e. The molecule has 0 aliphatic carbocycles. The maximum Gasteiger partial charge on any atom is 0.522 e. The highest BCUT2D eigenvalue weighted by Crippen LogP contribution is 2.20. The van der Waals surface area contributed by atoms with Crippen LogP contribution in [0.3, 0.4) is 0 Å². The third-order valence-corrected chi connectivity index (χ3v) is 4.14. The van der Waals surface area contributed by atoms with E-state index in [1.54, 1.807) is 24.3 Å². The van der Waals surface area contributed by atoms with Crippen molar-refractivity contribution in [2.45, 2.75) is 5.51 Å². The molecule has 0 saturated heterocycles. The van der Waals surface area contributed by atoms with Gasteiger partial charge in [-0.25, -0.2) is 0 Å². The normalized spacial score (nSPS) is 11.5. The van der Waals surface area contributed by atoms with Gasteiger partial charge in [0.25, 0.3) is 0 Å². The van der Waals surface area contributed by atoms with E-state index in [0.717, 1.165) is 0 Å². The fourth-order valence-corrected chi connectivity index (χ4v) is 2.26. The molecule has 0 aliphatic heterocycles. The Hall–Kier alpha value is -1.83. The van der Waals surface area contributed by atoms with E-state index in [2.05, 4.69) is 0 Å². The fraction of sp³-hybridized carbons (Fsp3) is 0.0769. The summed E-state index contributed by atoms with van der Waals surface area (Å²) in [5, 5.41) is 20.6. The molecule has 0 spiro atoms. The summed E-state index contributed by atoms with van der Waals surface area (Å²) in [6.45, 7) is 0. The van der Waals surface area contributed by atoms with Crippen LogP contribution < -0.4 is 10.6 Å². The van der Waals surface area contributed by atoms with Crippen LogP contribution in [0.15, 0.2) is 48.5 Å². The van der Waals surface area contributed by atoms with Crippen molar-refractivity contribution in [3.8, 4) is 11.5 Å². The van der Waals surface area contributed by atoms with Crippen LogP contribution in [0.1, 0.15) is 0 Å². The first kappa shape index (κ1) is 19.2. The van der Waals surface area contributed by atoms with Crippen LogP contribution in [0.2, 0.25) is 0 Å². The SMILES string of the molecule is O=S(=O)(O)C(F)(F)F.Oc1ccc(Pc2ccc(O)cc2)cc1. The molecule has 23 heavy (non-hydrogen) atoms. The van der Waals surface area contributed by atoms with Gasteiger partial charge in [-0.1, -0.05) is 32.8 Å². The number of rotatable bonds is 2. The van der Waals surface area contributed by atoms with E-state index < -0.39 is 15.6 Å². The van der Waals surface area contributed by atoms with E-state index in [0.29, 0.717) is 8.58 Å². The summed E-state index contributed by atoms with van der Waals surface area (Å²) >= 11 is 0. The highest BCUT2D eigenvalue weighted by molar-refractivity contribution is 7.86. The molecule has 126 valence electrons. The monoisotopic (exact) mass is 368 g/mol. The molecule has 0 amide bonds. The number of benzene rings is 2. The van der Waals surface area contributed by atoms with Gasteiger partial charge in [0, 0.05) is 0 Å². The summed E-state index contributed by atoms with van der Waals surface area (Å²) < 4.78 is 57.5. The maximum atomic E-state index is 10.7. The van der Waals surface area contributed by atoms with Crippen LogP contribution in [-0.4, -0.2) is 28.7 Å². The molecule has 0 saturated carbocycles. The van der Waals surface area contributed by atoms with Crippen molar-refractivity contribution < 1.29 is 36.4 Å². The van der Waals surface area contributed by atoms with Crippen LogP contribution >= 0.6 is 8.58 Å². The summed E-state index contributed by atoms with van der Waals surface area (Å²) in [5.74, 6) is 0.573. The van der Waals surface area contributed by atoms with E-state index in [4.69, 9.17) is 23.2 Å². The average Bonchev–Trinajstić information content (AvgIpc) is 2.42. The predicted molar refractivity (Wildman–Crippen MR) is 81.4 cm³/mol. The smallest absolute Gasteiger partial charge is 0.508 e. The molecule has 0 aliphatic rings. The second-order valence-electron chi connectivity index (χ2n) is 4.14. The van der Waals surface area contributed by atoms with Crippen molar-refractivity contribution in [1.29, 1.82) is 0 Å². The number of aromatic hydroxyl groups is 2. The Balaban J connectivity index is 0.000000284. The highest BCUT2D eigenvalue weighted by atomic mass is 32.2. The molecule has 0 bridgehead atoms. The van der Waals surface area contributed by atoms with Crippen LogP contribution in [0, 0.1) is 0 Å². The lowest BCUT2D eigenvalue weighted by atomic mass is 10.3. The van der Waals surface area contributed by atoms with E-state index in [9.17, 15) is 13.2 Å². The minimum absolute atomic E-state index is 0.286. The van der Waals surface area contributed by atoms with Crippen LogP contribution in [0.25, 0.3) is 0 Å². The summed E-state index contributed by atoms with van der Waals surface area (Å²) in [5.41, 5.74) is -5.53. The number of hydrogen-bond donors (Lipinski definition) is 3. The van der Waals surface area contributed by atoms with Crippen LogP contribution in [0.5, 0.6) is 11.5 Å². The Morgan fingerprint density at radius 2 is 1.04 bits per heavy atom. The Bertz CT molecular complexity index is 684. The molecule has 0 radical (unpaired) electrons. The van der Waals surface area contributed by atoms with Crippen LogP contribution in [0.4, 0.5) is 13.2 Å². The highest BCUT2D eigenvalue weighted by Gasteiger charge is 2.44. The number of halogens is 3. The lowest BCUT2D eigenvalue weighted by Crippen LogP contribution is -2.21.